The lowest BCUT2D eigenvalue weighted by molar-refractivity contribution is 0.0959. The Hall–Kier alpha value is -1.42. The quantitative estimate of drug-likeness (QED) is 0.819. The number of rotatable bonds is 2. The molecule has 1 amide bonds. The van der Waals surface area contributed by atoms with Crippen LogP contribution >= 0.6 is 0 Å². The highest BCUT2D eigenvalue weighted by Crippen LogP contribution is 2.28. The molecule has 1 aromatic rings. The molecular weight excluding hydrogens is 219 g/mol. The zero-order chi connectivity index (χ0) is 12.3. The van der Waals surface area contributed by atoms with E-state index < -0.39 is 0 Å². The predicted octanol–water partition coefficient (Wildman–Crippen LogP) is 1.65. The highest BCUT2D eigenvalue weighted by atomic mass is 19.1. The molecule has 0 bridgehead atoms. The van der Waals surface area contributed by atoms with E-state index in [-0.39, 0.29) is 23.2 Å². The summed E-state index contributed by atoms with van der Waals surface area (Å²) in [5, 5.41) is 5.71. The molecule has 0 unspecified atom stereocenters. The van der Waals surface area contributed by atoms with Crippen LogP contribution in [0.25, 0.3) is 0 Å². The third-order valence-electron chi connectivity index (χ3n) is 3.28. The van der Waals surface area contributed by atoms with Crippen LogP contribution in [0.5, 0.6) is 0 Å². The summed E-state index contributed by atoms with van der Waals surface area (Å²) in [4.78, 5) is 11.5. The number of hydrogen-bond acceptors (Lipinski definition) is 2. The molecule has 0 aromatic heterocycles. The highest BCUT2D eigenvalue weighted by Gasteiger charge is 2.21. The second kappa shape index (κ2) is 5.27. The molecule has 0 spiro atoms. The van der Waals surface area contributed by atoms with Gasteiger partial charge in [0.05, 0.1) is 5.56 Å². The molecule has 1 aliphatic rings. The summed E-state index contributed by atoms with van der Waals surface area (Å²) in [5.41, 5.74) is 0.816. The highest BCUT2D eigenvalue weighted by molar-refractivity contribution is 5.94. The lowest BCUT2D eigenvalue weighted by Gasteiger charge is -2.23. The minimum Gasteiger partial charge on any atom is -0.355 e. The van der Waals surface area contributed by atoms with E-state index in [0.717, 1.165) is 25.9 Å². The van der Waals surface area contributed by atoms with Gasteiger partial charge in [-0.1, -0.05) is 12.1 Å². The lowest BCUT2D eigenvalue weighted by atomic mass is 9.88. The van der Waals surface area contributed by atoms with Crippen molar-refractivity contribution in [1.29, 1.82) is 0 Å². The van der Waals surface area contributed by atoms with Crippen LogP contribution in [0.15, 0.2) is 18.2 Å². The van der Waals surface area contributed by atoms with E-state index in [2.05, 4.69) is 10.6 Å². The van der Waals surface area contributed by atoms with Gasteiger partial charge in [-0.05, 0) is 43.5 Å². The molecule has 0 radical (unpaired) electrons. The number of hydrogen-bond donors (Lipinski definition) is 2. The van der Waals surface area contributed by atoms with Crippen LogP contribution in [0, 0.1) is 5.82 Å². The zero-order valence-corrected chi connectivity index (χ0v) is 9.92. The van der Waals surface area contributed by atoms with E-state index in [1.165, 1.54) is 13.1 Å². The first-order valence-corrected chi connectivity index (χ1v) is 5.95. The van der Waals surface area contributed by atoms with Gasteiger partial charge in [-0.15, -0.1) is 0 Å². The Morgan fingerprint density at radius 1 is 1.41 bits per heavy atom. The van der Waals surface area contributed by atoms with Crippen LogP contribution in [0.2, 0.25) is 0 Å². The first-order valence-electron chi connectivity index (χ1n) is 5.95. The molecule has 1 aromatic carbocycles. The Labute approximate surface area is 100 Å². The second-order valence-electron chi connectivity index (χ2n) is 4.31. The van der Waals surface area contributed by atoms with Gasteiger partial charge in [0.2, 0.25) is 0 Å². The van der Waals surface area contributed by atoms with Crippen molar-refractivity contribution in [3.8, 4) is 0 Å². The Kier molecular flexibility index (Phi) is 3.74. The molecule has 2 rings (SSSR count). The molecule has 92 valence electrons. The summed E-state index contributed by atoms with van der Waals surface area (Å²) in [6, 6.07) is 5.07. The summed E-state index contributed by atoms with van der Waals surface area (Å²) >= 11 is 0. The number of carbonyl (C=O) groups excluding carboxylic acids is 1. The topological polar surface area (TPSA) is 41.1 Å². The number of piperidine rings is 1. The fourth-order valence-corrected chi connectivity index (χ4v) is 2.31. The molecular formula is C13H17FN2O. The maximum absolute atomic E-state index is 14.2. The Balaban J connectivity index is 2.31. The van der Waals surface area contributed by atoms with Gasteiger partial charge < -0.3 is 10.6 Å². The van der Waals surface area contributed by atoms with Gasteiger partial charge in [-0.2, -0.15) is 0 Å². The van der Waals surface area contributed by atoms with Crippen LogP contribution in [0.4, 0.5) is 4.39 Å². The molecule has 1 aliphatic heterocycles. The third-order valence-corrected chi connectivity index (χ3v) is 3.28. The maximum Gasteiger partial charge on any atom is 0.254 e. The van der Waals surface area contributed by atoms with Crippen LogP contribution in [-0.2, 0) is 0 Å². The summed E-state index contributed by atoms with van der Waals surface area (Å²) in [7, 11) is 1.51. The minimum absolute atomic E-state index is 0.142. The summed E-state index contributed by atoms with van der Waals surface area (Å²) in [6.45, 7) is 1.82. The Bertz CT molecular complexity index is 414. The van der Waals surface area contributed by atoms with Crippen LogP contribution in [0.3, 0.4) is 0 Å². The summed E-state index contributed by atoms with van der Waals surface area (Å²) in [6.07, 6.45) is 1.85. The normalized spacial score (nSPS) is 16.8. The van der Waals surface area contributed by atoms with Crippen molar-refractivity contribution in [1.82, 2.24) is 10.6 Å². The molecule has 0 atom stereocenters. The second-order valence-corrected chi connectivity index (χ2v) is 4.31. The maximum atomic E-state index is 14.2. The molecule has 1 heterocycles. The molecule has 3 nitrogen and oxygen atoms in total. The molecule has 1 fully saturated rings. The van der Waals surface area contributed by atoms with Crippen molar-refractivity contribution < 1.29 is 9.18 Å². The van der Waals surface area contributed by atoms with Crippen LogP contribution in [-0.4, -0.2) is 26.0 Å². The van der Waals surface area contributed by atoms with Crippen LogP contribution in [0.1, 0.15) is 34.7 Å². The number of halogens is 1. The fourth-order valence-electron chi connectivity index (χ4n) is 2.31. The number of amides is 1. The van der Waals surface area contributed by atoms with E-state index in [1.54, 1.807) is 12.1 Å². The number of benzene rings is 1. The standard InChI is InChI=1S/C13H17FN2O/c1-15-13(17)11-4-2-3-10(12(11)14)9-5-7-16-8-6-9/h2-4,9,16H,5-8H2,1H3,(H,15,17). The molecule has 17 heavy (non-hydrogen) atoms. The van der Waals surface area contributed by atoms with E-state index in [1.807, 2.05) is 0 Å². The average Bonchev–Trinajstić information content (AvgIpc) is 2.39. The van der Waals surface area contributed by atoms with Gasteiger partial charge in [0.15, 0.2) is 0 Å². The fraction of sp³-hybridized carbons (Fsp3) is 0.462. The van der Waals surface area contributed by atoms with Crippen molar-refractivity contribution in [2.24, 2.45) is 0 Å². The van der Waals surface area contributed by atoms with Crippen molar-refractivity contribution >= 4 is 5.91 Å². The zero-order valence-electron chi connectivity index (χ0n) is 9.92. The average molecular weight is 236 g/mol. The summed E-state index contributed by atoms with van der Waals surface area (Å²) in [5.74, 6) is -0.502. The third kappa shape index (κ3) is 2.47. The monoisotopic (exact) mass is 236 g/mol. The van der Waals surface area contributed by atoms with E-state index in [4.69, 9.17) is 0 Å². The van der Waals surface area contributed by atoms with Crippen molar-refractivity contribution in [3.63, 3.8) is 0 Å². The van der Waals surface area contributed by atoms with Crippen molar-refractivity contribution in [2.45, 2.75) is 18.8 Å². The molecule has 0 saturated carbocycles. The largest absolute Gasteiger partial charge is 0.355 e. The Morgan fingerprint density at radius 2 is 2.12 bits per heavy atom. The van der Waals surface area contributed by atoms with Crippen molar-refractivity contribution in [3.05, 3.63) is 35.1 Å². The molecule has 4 heteroatoms. The van der Waals surface area contributed by atoms with Gasteiger partial charge in [0, 0.05) is 7.05 Å². The minimum atomic E-state index is -0.363. The van der Waals surface area contributed by atoms with Gasteiger partial charge in [-0.25, -0.2) is 4.39 Å². The van der Waals surface area contributed by atoms with Gasteiger partial charge in [0.25, 0.3) is 5.91 Å². The van der Waals surface area contributed by atoms with Gasteiger partial charge in [-0.3, -0.25) is 4.79 Å². The van der Waals surface area contributed by atoms with Crippen molar-refractivity contribution in [2.75, 3.05) is 20.1 Å². The number of carbonyl (C=O) groups is 1. The van der Waals surface area contributed by atoms with E-state index in [0.29, 0.717) is 5.56 Å². The smallest absolute Gasteiger partial charge is 0.254 e. The Morgan fingerprint density at radius 3 is 2.76 bits per heavy atom. The first-order chi connectivity index (χ1) is 8.24. The van der Waals surface area contributed by atoms with E-state index in [9.17, 15) is 9.18 Å². The molecule has 0 aliphatic carbocycles. The SMILES string of the molecule is CNC(=O)c1cccc(C2CCNCC2)c1F. The van der Waals surface area contributed by atoms with Gasteiger partial charge in [0.1, 0.15) is 5.82 Å². The predicted molar refractivity (Wildman–Crippen MR) is 64.6 cm³/mol. The van der Waals surface area contributed by atoms with Crippen LogP contribution < -0.4 is 10.6 Å². The van der Waals surface area contributed by atoms with Gasteiger partial charge >= 0.3 is 0 Å². The molecule has 1 saturated heterocycles. The number of nitrogens with one attached hydrogen (secondary N) is 2. The lowest BCUT2D eigenvalue weighted by Crippen LogP contribution is -2.27. The van der Waals surface area contributed by atoms with E-state index >= 15 is 0 Å². The first kappa shape index (κ1) is 12.0. The molecule has 2 N–H and O–H groups in total. The summed E-state index contributed by atoms with van der Waals surface area (Å²) < 4.78 is 14.2.